The normalized spacial score (nSPS) is 27.1. The SMILES string of the molecule is NC(Cc1ccco1)C1CCCCC1C(F)(F)F. The molecule has 18 heavy (non-hydrogen) atoms. The first kappa shape index (κ1) is 13.5. The Morgan fingerprint density at radius 3 is 2.67 bits per heavy atom. The van der Waals surface area contributed by atoms with Crippen molar-refractivity contribution in [2.75, 3.05) is 0 Å². The molecule has 1 fully saturated rings. The highest BCUT2D eigenvalue weighted by molar-refractivity contribution is 5.02. The van der Waals surface area contributed by atoms with Crippen LogP contribution in [0.15, 0.2) is 22.8 Å². The van der Waals surface area contributed by atoms with E-state index in [4.69, 9.17) is 10.2 Å². The standard InChI is InChI=1S/C13H18F3NO/c14-13(15,16)11-6-2-1-5-10(11)12(17)8-9-4-3-7-18-9/h3-4,7,10-12H,1-2,5-6,8,17H2. The van der Waals surface area contributed by atoms with Gasteiger partial charge in [-0.05, 0) is 30.9 Å². The molecule has 0 aromatic carbocycles. The summed E-state index contributed by atoms with van der Waals surface area (Å²) >= 11 is 0. The molecule has 3 unspecified atom stereocenters. The van der Waals surface area contributed by atoms with Crippen LogP contribution in [0, 0.1) is 11.8 Å². The highest BCUT2D eigenvalue weighted by atomic mass is 19.4. The van der Waals surface area contributed by atoms with E-state index in [9.17, 15) is 13.2 Å². The van der Waals surface area contributed by atoms with Gasteiger partial charge >= 0.3 is 6.18 Å². The van der Waals surface area contributed by atoms with E-state index in [0.29, 0.717) is 25.0 Å². The summed E-state index contributed by atoms with van der Waals surface area (Å²) in [5, 5.41) is 0. The highest BCUT2D eigenvalue weighted by Crippen LogP contribution is 2.42. The summed E-state index contributed by atoms with van der Waals surface area (Å²) in [4.78, 5) is 0. The van der Waals surface area contributed by atoms with E-state index in [2.05, 4.69) is 0 Å². The van der Waals surface area contributed by atoms with Gasteiger partial charge in [0.25, 0.3) is 0 Å². The van der Waals surface area contributed by atoms with Crippen molar-refractivity contribution in [1.82, 2.24) is 0 Å². The lowest BCUT2D eigenvalue weighted by Gasteiger charge is -2.36. The molecule has 1 aliphatic rings. The summed E-state index contributed by atoms with van der Waals surface area (Å²) in [6.07, 6.45) is 0.0175. The molecule has 1 saturated carbocycles. The minimum absolute atomic E-state index is 0.208. The molecule has 0 aliphatic heterocycles. The van der Waals surface area contributed by atoms with Gasteiger partial charge in [0.1, 0.15) is 5.76 Å². The number of halogens is 3. The van der Waals surface area contributed by atoms with Gasteiger partial charge in [-0.2, -0.15) is 13.2 Å². The van der Waals surface area contributed by atoms with E-state index < -0.39 is 24.1 Å². The van der Waals surface area contributed by atoms with Crippen LogP contribution in [0.4, 0.5) is 13.2 Å². The van der Waals surface area contributed by atoms with Crippen LogP contribution in [0.25, 0.3) is 0 Å². The number of alkyl halides is 3. The Balaban J connectivity index is 2.04. The van der Waals surface area contributed by atoms with Crippen molar-refractivity contribution < 1.29 is 17.6 Å². The largest absolute Gasteiger partial charge is 0.469 e. The maximum Gasteiger partial charge on any atom is 0.392 e. The van der Waals surface area contributed by atoms with Gasteiger partial charge in [-0.3, -0.25) is 0 Å². The fraction of sp³-hybridized carbons (Fsp3) is 0.692. The topological polar surface area (TPSA) is 39.2 Å². The fourth-order valence-corrected chi connectivity index (χ4v) is 2.89. The molecule has 1 aliphatic carbocycles. The lowest BCUT2D eigenvalue weighted by atomic mass is 9.74. The Morgan fingerprint density at radius 1 is 1.33 bits per heavy atom. The van der Waals surface area contributed by atoms with Gasteiger partial charge < -0.3 is 10.2 Å². The van der Waals surface area contributed by atoms with Gasteiger partial charge in [0, 0.05) is 12.5 Å². The third-order valence-corrected chi connectivity index (χ3v) is 3.81. The maximum absolute atomic E-state index is 13.0. The van der Waals surface area contributed by atoms with Crippen molar-refractivity contribution in [3.8, 4) is 0 Å². The van der Waals surface area contributed by atoms with Crippen molar-refractivity contribution in [2.24, 2.45) is 17.6 Å². The van der Waals surface area contributed by atoms with E-state index in [1.807, 2.05) is 0 Å². The van der Waals surface area contributed by atoms with Gasteiger partial charge in [-0.15, -0.1) is 0 Å². The number of rotatable bonds is 3. The first-order valence-electron chi connectivity index (χ1n) is 6.33. The molecule has 102 valence electrons. The lowest BCUT2D eigenvalue weighted by molar-refractivity contribution is -0.198. The molecule has 1 aromatic heterocycles. The van der Waals surface area contributed by atoms with Gasteiger partial charge in [-0.25, -0.2) is 0 Å². The Labute approximate surface area is 104 Å². The van der Waals surface area contributed by atoms with Crippen LogP contribution in [0.2, 0.25) is 0 Å². The summed E-state index contributed by atoms with van der Waals surface area (Å²) in [7, 11) is 0. The number of furan rings is 1. The molecular formula is C13H18F3NO. The Hall–Kier alpha value is -0.970. The van der Waals surface area contributed by atoms with Crippen LogP contribution in [0.1, 0.15) is 31.4 Å². The summed E-state index contributed by atoms with van der Waals surface area (Å²) in [5.41, 5.74) is 5.97. The molecule has 3 atom stereocenters. The predicted octanol–water partition coefficient (Wildman–Crippen LogP) is 3.52. The second-order valence-electron chi connectivity index (χ2n) is 5.04. The molecule has 1 aromatic rings. The number of hydrogen-bond acceptors (Lipinski definition) is 2. The quantitative estimate of drug-likeness (QED) is 0.904. The van der Waals surface area contributed by atoms with Crippen LogP contribution in [0.3, 0.4) is 0 Å². The Kier molecular flexibility index (Phi) is 4.00. The van der Waals surface area contributed by atoms with Crippen molar-refractivity contribution >= 4 is 0 Å². The number of nitrogens with two attached hydrogens (primary N) is 1. The zero-order valence-electron chi connectivity index (χ0n) is 10.1. The van der Waals surface area contributed by atoms with Crippen molar-refractivity contribution in [2.45, 2.75) is 44.3 Å². The first-order valence-corrected chi connectivity index (χ1v) is 6.33. The molecule has 5 heteroatoms. The zero-order valence-corrected chi connectivity index (χ0v) is 10.1. The van der Waals surface area contributed by atoms with Gasteiger partial charge in [-0.1, -0.05) is 12.8 Å². The second-order valence-corrected chi connectivity index (χ2v) is 5.04. The van der Waals surface area contributed by atoms with E-state index >= 15 is 0 Å². The molecule has 0 saturated heterocycles. The van der Waals surface area contributed by atoms with Crippen LogP contribution in [0.5, 0.6) is 0 Å². The summed E-state index contributed by atoms with van der Waals surface area (Å²) in [6, 6.07) is 3.00. The molecule has 2 nitrogen and oxygen atoms in total. The van der Waals surface area contributed by atoms with Gasteiger partial charge in [0.15, 0.2) is 0 Å². The fourth-order valence-electron chi connectivity index (χ4n) is 2.89. The molecule has 2 N–H and O–H groups in total. The minimum Gasteiger partial charge on any atom is -0.469 e. The molecular weight excluding hydrogens is 243 g/mol. The molecule has 0 bridgehead atoms. The summed E-state index contributed by atoms with van der Waals surface area (Å²) < 4.78 is 44.0. The van der Waals surface area contributed by atoms with E-state index in [0.717, 1.165) is 6.42 Å². The third kappa shape index (κ3) is 3.07. The smallest absolute Gasteiger partial charge is 0.392 e. The predicted molar refractivity (Wildman–Crippen MR) is 61.9 cm³/mol. The molecule has 1 heterocycles. The minimum atomic E-state index is -4.13. The van der Waals surface area contributed by atoms with Crippen LogP contribution in [-0.4, -0.2) is 12.2 Å². The average Bonchev–Trinajstić information content (AvgIpc) is 2.80. The van der Waals surface area contributed by atoms with Crippen LogP contribution in [-0.2, 0) is 6.42 Å². The van der Waals surface area contributed by atoms with E-state index in [1.54, 1.807) is 12.1 Å². The highest BCUT2D eigenvalue weighted by Gasteiger charge is 2.47. The van der Waals surface area contributed by atoms with E-state index in [1.165, 1.54) is 6.26 Å². The molecule has 0 spiro atoms. The average molecular weight is 261 g/mol. The van der Waals surface area contributed by atoms with Crippen molar-refractivity contribution in [3.05, 3.63) is 24.2 Å². The van der Waals surface area contributed by atoms with Crippen LogP contribution < -0.4 is 5.73 Å². The van der Waals surface area contributed by atoms with Gasteiger partial charge in [0.05, 0.1) is 12.2 Å². The molecule has 0 radical (unpaired) electrons. The number of hydrogen-bond donors (Lipinski definition) is 1. The lowest BCUT2D eigenvalue weighted by Crippen LogP contribution is -2.44. The summed E-state index contributed by atoms with van der Waals surface area (Å²) in [6.45, 7) is 0. The maximum atomic E-state index is 13.0. The Morgan fingerprint density at radius 2 is 2.06 bits per heavy atom. The summed E-state index contributed by atoms with van der Waals surface area (Å²) in [5.74, 6) is -1.07. The van der Waals surface area contributed by atoms with Crippen LogP contribution >= 0.6 is 0 Å². The van der Waals surface area contributed by atoms with E-state index in [-0.39, 0.29) is 6.42 Å². The Bertz CT molecular complexity index is 361. The third-order valence-electron chi connectivity index (χ3n) is 3.81. The zero-order chi connectivity index (χ0) is 13.2. The second kappa shape index (κ2) is 5.34. The van der Waals surface area contributed by atoms with Crippen molar-refractivity contribution in [3.63, 3.8) is 0 Å². The molecule has 2 rings (SSSR count). The molecule has 0 amide bonds. The van der Waals surface area contributed by atoms with Gasteiger partial charge in [0.2, 0.25) is 0 Å². The van der Waals surface area contributed by atoms with Crippen molar-refractivity contribution in [1.29, 1.82) is 0 Å². The first-order chi connectivity index (χ1) is 8.48. The monoisotopic (exact) mass is 261 g/mol.